The summed E-state index contributed by atoms with van der Waals surface area (Å²) in [6, 6.07) is 3.91. The van der Waals surface area contributed by atoms with Gasteiger partial charge in [-0.1, -0.05) is 0 Å². The molecule has 162 valence electrons. The van der Waals surface area contributed by atoms with E-state index in [1.165, 1.54) is 12.1 Å². The second-order valence-electron chi connectivity index (χ2n) is 8.28. The van der Waals surface area contributed by atoms with Crippen molar-refractivity contribution in [3.8, 4) is 0 Å². The lowest BCUT2D eigenvalue weighted by Crippen LogP contribution is -2.52. The van der Waals surface area contributed by atoms with Gasteiger partial charge in [-0.05, 0) is 39.3 Å². The second-order valence-corrected chi connectivity index (χ2v) is 8.28. The van der Waals surface area contributed by atoms with E-state index < -0.39 is 11.6 Å². The first kappa shape index (κ1) is 21.8. The Bertz CT molecular complexity index is 706. The first-order chi connectivity index (χ1) is 13.9. The molecule has 0 radical (unpaired) electrons. The minimum absolute atomic E-state index is 0.0505. The van der Waals surface area contributed by atoms with Crippen LogP contribution in [0.4, 0.5) is 14.5 Å². The normalized spacial score (nSPS) is 21.5. The predicted octanol–water partition coefficient (Wildman–Crippen LogP) is 2.21. The van der Waals surface area contributed by atoms with Crippen LogP contribution >= 0.6 is 0 Å². The van der Waals surface area contributed by atoms with Gasteiger partial charge in [0, 0.05) is 50.4 Å². The van der Waals surface area contributed by atoms with Gasteiger partial charge < -0.3 is 20.3 Å². The van der Waals surface area contributed by atoms with Gasteiger partial charge in [-0.3, -0.25) is 9.89 Å². The number of anilines is 1. The third-order valence-corrected chi connectivity index (χ3v) is 5.61. The Morgan fingerprint density at radius 3 is 2.69 bits per heavy atom. The molecule has 0 aliphatic carbocycles. The molecule has 2 aliphatic heterocycles. The summed E-state index contributed by atoms with van der Waals surface area (Å²) in [5, 5.41) is 6.79. The van der Waals surface area contributed by atoms with Crippen LogP contribution in [0.1, 0.15) is 27.2 Å². The molecule has 0 saturated carbocycles. The highest BCUT2D eigenvalue weighted by molar-refractivity contribution is 5.80. The quantitative estimate of drug-likeness (QED) is 0.557. The Labute approximate surface area is 172 Å². The second kappa shape index (κ2) is 9.71. The summed E-state index contributed by atoms with van der Waals surface area (Å²) in [5.74, 6) is -0.289. The van der Waals surface area contributed by atoms with Crippen LogP contribution in [-0.2, 0) is 4.74 Å². The molecular formula is C21H33F2N5O. The molecule has 2 N–H and O–H groups in total. The average molecular weight is 410 g/mol. The van der Waals surface area contributed by atoms with Crippen molar-refractivity contribution >= 4 is 11.6 Å². The number of hydrogen-bond donors (Lipinski definition) is 2. The van der Waals surface area contributed by atoms with Crippen LogP contribution in [0.5, 0.6) is 0 Å². The van der Waals surface area contributed by atoms with Crippen LogP contribution in [-0.4, -0.2) is 74.9 Å². The van der Waals surface area contributed by atoms with Crippen LogP contribution in [0.2, 0.25) is 0 Å². The third kappa shape index (κ3) is 5.79. The van der Waals surface area contributed by atoms with Crippen molar-refractivity contribution in [1.29, 1.82) is 0 Å². The summed E-state index contributed by atoms with van der Waals surface area (Å²) in [6.07, 6.45) is 0.869. The highest BCUT2D eigenvalue weighted by atomic mass is 19.1. The molecule has 8 heteroatoms. The Kier molecular flexibility index (Phi) is 7.29. The van der Waals surface area contributed by atoms with E-state index in [-0.39, 0.29) is 11.6 Å². The Morgan fingerprint density at radius 2 is 2.00 bits per heavy atom. The maximum atomic E-state index is 14.1. The van der Waals surface area contributed by atoms with Crippen molar-refractivity contribution in [2.45, 2.75) is 38.8 Å². The minimum Gasteiger partial charge on any atom is -0.379 e. The lowest BCUT2D eigenvalue weighted by atomic mass is 10.0. The number of ether oxygens (including phenoxy) is 1. The average Bonchev–Trinajstić information content (AvgIpc) is 3.15. The number of halogens is 2. The molecule has 1 aromatic carbocycles. The largest absolute Gasteiger partial charge is 0.379 e. The lowest BCUT2D eigenvalue weighted by molar-refractivity contribution is -0.00684. The van der Waals surface area contributed by atoms with Crippen LogP contribution in [0.15, 0.2) is 23.2 Å². The molecule has 1 atom stereocenters. The number of guanidine groups is 1. The number of morpholine rings is 1. The number of rotatable bonds is 6. The molecule has 29 heavy (non-hydrogen) atoms. The van der Waals surface area contributed by atoms with Crippen LogP contribution in [0.3, 0.4) is 0 Å². The Balaban J connectivity index is 1.59. The fourth-order valence-electron chi connectivity index (χ4n) is 3.89. The molecule has 2 aliphatic rings. The third-order valence-electron chi connectivity index (χ3n) is 5.61. The van der Waals surface area contributed by atoms with Gasteiger partial charge in [0.15, 0.2) is 5.96 Å². The highest BCUT2D eigenvalue weighted by Gasteiger charge is 2.29. The van der Waals surface area contributed by atoms with E-state index in [9.17, 15) is 8.78 Å². The summed E-state index contributed by atoms with van der Waals surface area (Å²) >= 11 is 0. The van der Waals surface area contributed by atoms with E-state index >= 15 is 0 Å². The molecule has 1 unspecified atom stereocenters. The van der Waals surface area contributed by atoms with Gasteiger partial charge >= 0.3 is 0 Å². The van der Waals surface area contributed by atoms with Crippen LogP contribution < -0.4 is 15.5 Å². The molecule has 1 aromatic rings. The SMILES string of the molecule is CCNC(=NCC(C)(C)N1CCOCC1)NC1CCN(c2ccc(F)cc2F)C1. The van der Waals surface area contributed by atoms with Gasteiger partial charge in [-0.2, -0.15) is 0 Å². The van der Waals surface area contributed by atoms with E-state index in [1.807, 2.05) is 11.8 Å². The first-order valence-electron chi connectivity index (χ1n) is 10.5. The summed E-state index contributed by atoms with van der Waals surface area (Å²) < 4.78 is 32.7. The van der Waals surface area contributed by atoms with E-state index in [4.69, 9.17) is 9.73 Å². The first-order valence-corrected chi connectivity index (χ1v) is 10.5. The number of hydrogen-bond acceptors (Lipinski definition) is 4. The van der Waals surface area contributed by atoms with Gasteiger partial charge in [-0.15, -0.1) is 0 Å². The summed E-state index contributed by atoms with van der Waals surface area (Å²) in [5.41, 5.74) is 0.400. The standard InChI is InChI=1S/C21H33F2N5O/c1-4-24-20(25-15-21(2,3)28-9-11-29-12-10-28)26-17-7-8-27(14-17)19-6-5-16(22)13-18(19)23/h5-6,13,17H,4,7-12,14-15H2,1-3H3,(H2,24,25,26). The Morgan fingerprint density at radius 1 is 1.24 bits per heavy atom. The molecule has 2 fully saturated rings. The molecule has 2 saturated heterocycles. The fourth-order valence-corrected chi connectivity index (χ4v) is 3.89. The topological polar surface area (TPSA) is 52.1 Å². The molecule has 6 nitrogen and oxygen atoms in total. The molecule has 2 heterocycles. The van der Waals surface area contributed by atoms with E-state index in [1.54, 1.807) is 0 Å². The van der Waals surface area contributed by atoms with Crippen molar-refractivity contribution in [2.75, 3.05) is 57.4 Å². The van der Waals surface area contributed by atoms with Gasteiger partial charge in [-0.25, -0.2) is 8.78 Å². The molecular weight excluding hydrogens is 376 g/mol. The van der Waals surface area contributed by atoms with Gasteiger partial charge in [0.25, 0.3) is 0 Å². The fraction of sp³-hybridized carbons (Fsp3) is 0.667. The zero-order chi connectivity index (χ0) is 20.9. The zero-order valence-corrected chi connectivity index (χ0v) is 17.7. The number of nitrogens with zero attached hydrogens (tertiary/aromatic N) is 3. The van der Waals surface area contributed by atoms with E-state index in [0.29, 0.717) is 18.8 Å². The Hall–Kier alpha value is -1.93. The number of nitrogens with one attached hydrogen (secondary N) is 2. The summed E-state index contributed by atoms with van der Waals surface area (Å²) in [7, 11) is 0. The molecule has 0 bridgehead atoms. The number of aliphatic imine (C=N–C) groups is 1. The molecule has 3 rings (SSSR count). The van der Waals surface area contributed by atoms with Crippen molar-refractivity contribution in [2.24, 2.45) is 4.99 Å². The van der Waals surface area contributed by atoms with Crippen LogP contribution in [0, 0.1) is 11.6 Å². The smallest absolute Gasteiger partial charge is 0.191 e. The van der Waals surface area contributed by atoms with Crippen molar-refractivity contribution in [1.82, 2.24) is 15.5 Å². The maximum absolute atomic E-state index is 14.1. The van der Waals surface area contributed by atoms with E-state index in [0.717, 1.165) is 57.8 Å². The van der Waals surface area contributed by atoms with Gasteiger partial charge in [0.1, 0.15) is 11.6 Å². The molecule has 0 spiro atoms. The van der Waals surface area contributed by atoms with Crippen molar-refractivity contribution < 1.29 is 13.5 Å². The number of benzene rings is 1. The van der Waals surface area contributed by atoms with Crippen molar-refractivity contribution in [3.63, 3.8) is 0 Å². The lowest BCUT2D eigenvalue weighted by Gasteiger charge is -2.40. The van der Waals surface area contributed by atoms with Gasteiger partial charge in [0.2, 0.25) is 0 Å². The summed E-state index contributed by atoms with van der Waals surface area (Å²) in [6.45, 7) is 12.7. The molecule has 0 amide bonds. The maximum Gasteiger partial charge on any atom is 0.191 e. The molecule has 0 aromatic heterocycles. The predicted molar refractivity (Wildman–Crippen MR) is 113 cm³/mol. The van der Waals surface area contributed by atoms with E-state index in [2.05, 4.69) is 29.4 Å². The van der Waals surface area contributed by atoms with Crippen molar-refractivity contribution in [3.05, 3.63) is 29.8 Å². The zero-order valence-electron chi connectivity index (χ0n) is 17.7. The monoisotopic (exact) mass is 409 g/mol. The van der Waals surface area contributed by atoms with Crippen LogP contribution in [0.25, 0.3) is 0 Å². The summed E-state index contributed by atoms with van der Waals surface area (Å²) in [4.78, 5) is 9.19. The highest BCUT2D eigenvalue weighted by Crippen LogP contribution is 2.24. The van der Waals surface area contributed by atoms with Gasteiger partial charge in [0.05, 0.1) is 25.4 Å². The minimum atomic E-state index is -0.551.